The Hall–Kier alpha value is -1.81. The molecule has 0 atom stereocenters. The number of amides is 1. The zero-order valence-electron chi connectivity index (χ0n) is 10.9. The summed E-state index contributed by atoms with van der Waals surface area (Å²) in [5, 5.41) is 0. The van der Waals surface area contributed by atoms with Crippen molar-refractivity contribution >= 4 is 27.7 Å². The van der Waals surface area contributed by atoms with Crippen molar-refractivity contribution in [3.8, 4) is 0 Å². The number of benzene rings is 2. The van der Waals surface area contributed by atoms with Crippen LogP contribution in [0.25, 0.3) is 0 Å². The largest absolute Gasteiger partial charge is 0.444 e. The lowest BCUT2D eigenvalue weighted by Crippen LogP contribution is -2.29. The smallest absolute Gasteiger partial charge is 0.414 e. The molecule has 0 spiro atoms. The van der Waals surface area contributed by atoms with Gasteiger partial charge < -0.3 is 4.74 Å². The van der Waals surface area contributed by atoms with Crippen LogP contribution in [0.1, 0.15) is 11.1 Å². The monoisotopic (exact) mass is 331 g/mol. The van der Waals surface area contributed by atoms with Gasteiger partial charge >= 0.3 is 6.09 Å². The Bertz CT molecular complexity index is 628. The maximum absolute atomic E-state index is 12.2. The number of carbonyl (C=O) groups is 1. The summed E-state index contributed by atoms with van der Waals surface area (Å²) in [5.41, 5.74) is 3.11. The van der Waals surface area contributed by atoms with Crippen molar-refractivity contribution in [2.75, 3.05) is 11.4 Å². The number of carbonyl (C=O) groups excluding carboxylic acids is 1. The number of anilines is 1. The quantitative estimate of drug-likeness (QED) is 0.827. The first-order valence-corrected chi connectivity index (χ1v) is 7.30. The Morgan fingerprint density at radius 3 is 2.75 bits per heavy atom. The van der Waals surface area contributed by atoms with E-state index in [0.717, 1.165) is 22.1 Å². The van der Waals surface area contributed by atoms with Gasteiger partial charge in [0, 0.05) is 11.0 Å². The average molecular weight is 332 g/mol. The van der Waals surface area contributed by atoms with Gasteiger partial charge in [0.05, 0.1) is 5.69 Å². The van der Waals surface area contributed by atoms with Gasteiger partial charge in [-0.2, -0.15) is 0 Å². The third kappa shape index (κ3) is 2.56. The highest BCUT2D eigenvalue weighted by molar-refractivity contribution is 9.10. The standard InChI is InChI=1S/C16H14BrNO2/c17-14-7-4-8-15-13(14)9-10-18(15)16(19)20-11-12-5-2-1-3-6-12/h1-8H,9-11H2. The van der Waals surface area contributed by atoms with E-state index >= 15 is 0 Å². The summed E-state index contributed by atoms with van der Waals surface area (Å²) in [6.45, 7) is 0.977. The summed E-state index contributed by atoms with van der Waals surface area (Å²) in [6.07, 6.45) is 0.572. The average Bonchev–Trinajstić information content (AvgIpc) is 2.91. The molecule has 3 rings (SSSR count). The minimum atomic E-state index is -0.286. The molecule has 0 radical (unpaired) electrons. The van der Waals surface area contributed by atoms with Crippen LogP contribution in [-0.4, -0.2) is 12.6 Å². The van der Waals surface area contributed by atoms with Crippen molar-refractivity contribution in [2.24, 2.45) is 0 Å². The van der Waals surface area contributed by atoms with Crippen LogP contribution in [0.5, 0.6) is 0 Å². The lowest BCUT2D eigenvalue weighted by atomic mass is 10.2. The molecule has 0 unspecified atom stereocenters. The minimum absolute atomic E-state index is 0.286. The van der Waals surface area contributed by atoms with Crippen LogP contribution in [0.4, 0.5) is 10.5 Å². The summed E-state index contributed by atoms with van der Waals surface area (Å²) < 4.78 is 6.43. The molecule has 2 aromatic rings. The SMILES string of the molecule is O=C(OCc1ccccc1)N1CCc2c(Br)cccc21. The molecule has 1 amide bonds. The number of rotatable bonds is 2. The van der Waals surface area contributed by atoms with Crippen molar-refractivity contribution in [1.29, 1.82) is 0 Å². The van der Waals surface area contributed by atoms with Gasteiger partial charge in [-0.3, -0.25) is 4.90 Å². The predicted octanol–water partition coefficient (Wildman–Crippen LogP) is 4.15. The van der Waals surface area contributed by atoms with Crippen molar-refractivity contribution in [3.63, 3.8) is 0 Å². The van der Waals surface area contributed by atoms with Gasteiger partial charge in [-0.15, -0.1) is 0 Å². The first-order valence-electron chi connectivity index (χ1n) is 6.51. The van der Waals surface area contributed by atoms with E-state index in [4.69, 9.17) is 4.74 Å². The number of fused-ring (bicyclic) bond motifs is 1. The summed E-state index contributed by atoms with van der Waals surface area (Å²) in [6, 6.07) is 15.6. The van der Waals surface area contributed by atoms with Crippen LogP contribution in [-0.2, 0) is 17.8 Å². The molecule has 102 valence electrons. The van der Waals surface area contributed by atoms with Gasteiger partial charge in [0.25, 0.3) is 0 Å². The van der Waals surface area contributed by atoms with Crippen LogP contribution in [0, 0.1) is 0 Å². The van der Waals surface area contributed by atoms with Crippen LogP contribution >= 0.6 is 15.9 Å². The van der Waals surface area contributed by atoms with E-state index in [1.165, 1.54) is 5.56 Å². The maximum Gasteiger partial charge on any atom is 0.414 e. The molecule has 20 heavy (non-hydrogen) atoms. The highest BCUT2D eigenvalue weighted by atomic mass is 79.9. The van der Waals surface area contributed by atoms with Crippen molar-refractivity contribution in [3.05, 3.63) is 64.1 Å². The molecule has 2 aromatic carbocycles. The second-order valence-corrected chi connectivity index (χ2v) is 5.53. The van der Waals surface area contributed by atoms with Gasteiger partial charge in [-0.05, 0) is 29.7 Å². The molecule has 0 saturated heterocycles. The van der Waals surface area contributed by atoms with Crippen molar-refractivity contribution in [2.45, 2.75) is 13.0 Å². The highest BCUT2D eigenvalue weighted by Gasteiger charge is 2.26. The number of halogens is 1. The summed E-state index contributed by atoms with van der Waals surface area (Å²) >= 11 is 3.52. The number of hydrogen-bond donors (Lipinski definition) is 0. The molecule has 4 heteroatoms. The van der Waals surface area contributed by atoms with E-state index in [1.54, 1.807) is 4.90 Å². The van der Waals surface area contributed by atoms with E-state index in [-0.39, 0.29) is 6.09 Å². The molecule has 1 aliphatic heterocycles. The van der Waals surface area contributed by atoms with E-state index in [1.807, 2.05) is 48.5 Å². The van der Waals surface area contributed by atoms with Gasteiger partial charge in [-0.25, -0.2) is 4.79 Å². The van der Waals surface area contributed by atoms with Gasteiger partial charge in [-0.1, -0.05) is 52.3 Å². The Morgan fingerprint density at radius 2 is 1.95 bits per heavy atom. The van der Waals surface area contributed by atoms with Gasteiger partial charge in [0.2, 0.25) is 0 Å². The molecule has 0 fully saturated rings. The number of hydrogen-bond acceptors (Lipinski definition) is 2. The van der Waals surface area contributed by atoms with Crippen LogP contribution in [0.15, 0.2) is 53.0 Å². The maximum atomic E-state index is 12.2. The minimum Gasteiger partial charge on any atom is -0.444 e. The predicted molar refractivity (Wildman–Crippen MR) is 81.8 cm³/mol. The van der Waals surface area contributed by atoms with E-state index in [2.05, 4.69) is 15.9 Å². The van der Waals surface area contributed by atoms with Crippen LogP contribution < -0.4 is 4.90 Å². The second kappa shape index (κ2) is 5.67. The molecule has 0 aliphatic carbocycles. The molecular weight excluding hydrogens is 318 g/mol. The molecular formula is C16H14BrNO2. The van der Waals surface area contributed by atoms with Crippen LogP contribution in [0.3, 0.4) is 0 Å². The highest BCUT2D eigenvalue weighted by Crippen LogP contribution is 2.33. The summed E-state index contributed by atoms with van der Waals surface area (Å²) in [4.78, 5) is 13.9. The molecule has 0 saturated carbocycles. The van der Waals surface area contributed by atoms with Gasteiger partial charge in [0.15, 0.2) is 0 Å². The van der Waals surface area contributed by atoms with Crippen molar-refractivity contribution < 1.29 is 9.53 Å². The molecule has 0 N–H and O–H groups in total. The fraction of sp³-hybridized carbons (Fsp3) is 0.188. The number of ether oxygens (including phenoxy) is 1. The fourth-order valence-corrected chi connectivity index (χ4v) is 2.93. The molecule has 3 nitrogen and oxygen atoms in total. The third-order valence-electron chi connectivity index (χ3n) is 3.40. The zero-order chi connectivity index (χ0) is 13.9. The Morgan fingerprint density at radius 1 is 1.15 bits per heavy atom. The first-order chi connectivity index (χ1) is 9.75. The summed E-state index contributed by atoms with van der Waals surface area (Å²) in [5.74, 6) is 0. The Balaban J connectivity index is 1.70. The van der Waals surface area contributed by atoms with Crippen molar-refractivity contribution in [1.82, 2.24) is 0 Å². The topological polar surface area (TPSA) is 29.5 Å². The lowest BCUT2D eigenvalue weighted by molar-refractivity contribution is 0.147. The van der Waals surface area contributed by atoms with E-state index in [9.17, 15) is 4.79 Å². The Labute approximate surface area is 126 Å². The molecule has 0 bridgehead atoms. The van der Waals surface area contributed by atoms with E-state index < -0.39 is 0 Å². The third-order valence-corrected chi connectivity index (χ3v) is 4.14. The normalized spacial score (nSPS) is 13.2. The lowest BCUT2D eigenvalue weighted by Gasteiger charge is -2.17. The summed E-state index contributed by atoms with van der Waals surface area (Å²) in [7, 11) is 0. The first kappa shape index (κ1) is 13.2. The molecule has 0 aromatic heterocycles. The van der Waals surface area contributed by atoms with Gasteiger partial charge in [0.1, 0.15) is 6.61 Å². The van der Waals surface area contributed by atoms with Crippen LogP contribution in [0.2, 0.25) is 0 Å². The van der Waals surface area contributed by atoms with E-state index in [0.29, 0.717) is 13.2 Å². The second-order valence-electron chi connectivity index (χ2n) is 4.68. The molecule has 1 aliphatic rings. The fourth-order valence-electron chi connectivity index (χ4n) is 2.38. The Kier molecular flexibility index (Phi) is 3.74. The number of nitrogens with zero attached hydrogens (tertiary/aromatic N) is 1. The molecule has 1 heterocycles. The zero-order valence-corrected chi connectivity index (χ0v) is 12.5.